The molecule has 0 aromatic carbocycles. The van der Waals surface area contributed by atoms with Gasteiger partial charge in [0.2, 0.25) is 15.9 Å². The van der Waals surface area contributed by atoms with Crippen molar-refractivity contribution in [1.82, 2.24) is 9.62 Å². The highest BCUT2D eigenvalue weighted by Crippen LogP contribution is 2.17. The van der Waals surface area contributed by atoms with E-state index < -0.39 is 15.3 Å². The van der Waals surface area contributed by atoms with E-state index in [1.165, 1.54) is 6.08 Å². The van der Waals surface area contributed by atoms with Crippen LogP contribution in [0.25, 0.3) is 6.08 Å². The standard InChI is InChI=1S/C16H24N2O4S/c1-13(2)23(20,21)17-12-14-7-9-18(10-8-14)16(19)6-5-15-4-3-11-22-15/h3-6,11,13-14,17H,7-10,12H2,1-2H3/b6-5+. The Balaban J connectivity index is 1.76. The van der Waals surface area contributed by atoms with Gasteiger partial charge in [-0.05, 0) is 50.8 Å². The Morgan fingerprint density at radius 3 is 2.70 bits per heavy atom. The van der Waals surface area contributed by atoms with Gasteiger partial charge in [-0.25, -0.2) is 13.1 Å². The summed E-state index contributed by atoms with van der Waals surface area (Å²) in [6.45, 7) is 5.07. The Bertz CT molecular complexity index is 627. The first-order chi connectivity index (χ1) is 10.9. The maximum absolute atomic E-state index is 12.1. The Kier molecular flexibility index (Phi) is 6.01. The summed E-state index contributed by atoms with van der Waals surface area (Å²) in [6.07, 6.45) is 6.35. The van der Waals surface area contributed by atoms with Gasteiger partial charge in [-0.1, -0.05) is 0 Å². The zero-order valence-electron chi connectivity index (χ0n) is 13.6. The van der Waals surface area contributed by atoms with Gasteiger partial charge in [-0.3, -0.25) is 4.79 Å². The zero-order valence-corrected chi connectivity index (χ0v) is 14.4. The van der Waals surface area contributed by atoms with Crippen LogP contribution in [0.3, 0.4) is 0 Å². The minimum Gasteiger partial charge on any atom is -0.465 e. The van der Waals surface area contributed by atoms with Crippen LogP contribution in [0.1, 0.15) is 32.4 Å². The molecule has 2 rings (SSSR count). The Hall–Kier alpha value is -1.60. The molecule has 0 unspecified atom stereocenters. The number of furan rings is 1. The summed E-state index contributed by atoms with van der Waals surface area (Å²) >= 11 is 0. The molecule has 1 aliphatic heterocycles. The van der Waals surface area contributed by atoms with Crippen molar-refractivity contribution < 1.29 is 17.6 Å². The molecule has 1 aromatic heterocycles. The second-order valence-electron chi connectivity index (χ2n) is 6.06. The molecule has 2 heterocycles. The predicted molar refractivity (Wildman–Crippen MR) is 89.1 cm³/mol. The van der Waals surface area contributed by atoms with Gasteiger partial charge in [0, 0.05) is 25.7 Å². The number of hydrogen-bond donors (Lipinski definition) is 1. The van der Waals surface area contributed by atoms with Crippen LogP contribution in [-0.4, -0.2) is 44.1 Å². The minimum absolute atomic E-state index is 0.0392. The molecule has 1 N–H and O–H groups in total. The zero-order chi connectivity index (χ0) is 16.9. The van der Waals surface area contributed by atoms with E-state index in [0.29, 0.717) is 25.4 Å². The summed E-state index contributed by atoms with van der Waals surface area (Å²) in [6, 6.07) is 3.56. The van der Waals surface area contributed by atoms with Crippen molar-refractivity contribution in [2.24, 2.45) is 5.92 Å². The number of rotatable bonds is 6. The van der Waals surface area contributed by atoms with Gasteiger partial charge in [0.1, 0.15) is 5.76 Å². The molecule has 1 aromatic rings. The molecule has 128 valence electrons. The van der Waals surface area contributed by atoms with Crippen LogP contribution < -0.4 is 4.72 Å². The molecule has 1 saturated heterocycles. The number of amides is 1. The molecular weight excluding hydrogens is 316 g/mol. The number of piperidine rings is 1. The van der Waals surface area contributed by atoms with Gasteiger partial charge >= 0.3 is 0 Å². The van der Waals surface area contributed by atoms with Crippen molar-refractivity contribution in [2.45, 2.75) is 31.9 Å². The first kappa shape index (κ1) is 17.7. The van der Waals surface area contributed by atoms with Gasteiger partial charge in [-0.15, -0.1) is 0 Å². The average Bonchev–Trinajstić information content (AvgIpc) is 3.04. The maximum atomic E-state index is 12.1. The molecule has 1 fully saturated rings. The summed E-state index contributed by atoms with van der Waals surface area (Å²) in [7, 11) is -3.21. The van der Waals surface area contributed by atoms with Crippen LogP contribution >= 0.6 is 0 Å². The number of carbonyl (C=O) groups excluding carboxylic acids is 1. The second kappa shape index (κ2) is 7.79. The molecule has 0 radical (unpaired) electrons. The van der Waals surface area contributed by atoms with E-state index in [4.69, 9.17) is 4.42 Å². The number of nitrogens with zero attached hydrogens (tertiary/aromatic N) is 1. The minimum atomic E-state index is -3.21. The number of likely N-dealkylation sites (tertiary alicyclic amines) is 1. The van der Waals surface area contributed by atoms with E-state index in [1.807, 2.05) is 0 Å². The van der Waals surface area contributed by atoms with Crippen molar-refractivity contribution >= 4 is 22.0 Å². The quantitative estimate of drug-likeness (QED) is 0.802. The van der Waals surface area contributed by atoms with Crippen molar-refractivity contribution in [3.8, 4) is 0 Å². The van der Waals surface area contributed by atoms with Gasteiger partial charge < -0.3 is 9.32 Å². The molecule has 0 spiro atoms. The lowest BCUT2D eigenvalue weighted by atomic mass is 9.97. The van der Waals surface area contributed by atoms with Crippen molar-refractivity contribution in [1.29, 1.82) is 0 Å². The third kappa shape index (κ3) is 5.21. The van der Waals surface area contributed by atoms with E-state index >= 15 is 0 Å². The molecular formula is C16H24N2O4S. The lowest BCUT2D eigenvalue weighted by molar-refractivity contribution is -0.127. The normalized spacial score (nSPS) is 17.3. The van der Waals surface area contributed by atoms with Gasteiger partial charge in [0.15, 0.2) is 0 Å². The van der Waals surface area contributed by atoms with Crippen LogP contribution in [0.4, 0.5) is 0 Å². The number of hydrogen-bond acceptors (Lipinski definition) is 4. The second-order valence-corrected chi connectivity index (χ2v) is 8.38. The largest absolute Gasteiger partial charge is 0.465 e. The van der Waals surface area contributed by atoms with Gasteiger partial charge in [-0.2, -0.15) is 0 Å². The van der Waals surface area contributed by atoms with Crippen LogP contribution in [0.15, 0.2) is 28.9 Å². The predicted octanol–water partition coefficient (Wildman–Crippen LogP) is 1.86. The third-order valence-electron chi connectivity index (χ3n) is 4.05. The highest BCUT2D eigenvalue weighted by Gasteiger charge is 2.23. The highest BCUT2D eigenvalue weighted by molar-refractivity contribution is 7.90. The molecule has 1 aliphatic rings. The molecule has 0 bridgehead atoms. The lowest BCUT2D eigenvalue weighted by Crippen LogP contribution is -2.42. The van der Waals surface area contributed by atoms with Gasteiger partial charge in [0.25, 0.3) is 0 Å². The topological polar surface area (TPSA) is 79.6 Å². The molecule has 7 heteroatoms. The summed E-state index contributed by atoms with van der Waals surface area (Å²) in [5.41, 5.74) is 0. The molecule has 1 amide bonds. The fourth-order valence-electron chi connectivity index (χ4n) is 2.40. The average molecular weight is 340 g/mol. The molecule has 0 saturated carbocycles. The summed E-state index contributed by atoms with van der Waals surface area (Å²) in [4.78, 5) is 13.9. The summed E-state index contributed by atoms with van der Waals surface area (Å²) < 4.78 is 31.3. The monoisotopic (exact) mass is 340 g/mol. The fraction of sp³-hybridized carbons (Fsp3) is 0.562. The van der Waals surface area contributed by atoms with Crippen molar-refractivity contribution in [3.05, 3.63) is 30.2 Å². The van der Waals surface area contributed by atoms with Crippen LogP contribution in [-0.2, 0) is 14.8 Å². The van der Waals surface area contributed by atoms with E-state index in [2.05, 4.69) is 4.72 Å². The van der Waals surface area contributed by atoms with Crippen LogP contribution in [0.2, 0.25) is 0 Å². The van der Waals surface area contributed by atoms with Crippen molar-refractivity contribution in [2.75, 3.05) is 19.6 Å². The Morgan fingerprint density at radius 2 is 2.13 bits per heavy atom. The number of nitrogens with one attached hydrogen (secondary N) is 1. The van der Waals surface area contributed by atoms with E-state index in [9.17, 15) is 13.2 Å². The fourth-order valence-corrected chi connectivity index (χ4v) is 3.20. The van der Waals surface area contributed by atoms with Crippen molar-refractivity contribution in [3.63, 3.8) is 0 Å². The van der Waals surface area contributed by atoms with Crippen LogP contribution in [0, 0.1) is 5.92 Å². The number of carbonyl (C=O) groups is 1. The molecule has 23 heavy (non-hydrogen) atoms. The van der Waals surface area contributed by atoms with Crippen LogP contribution in [0.5, 0.6) is 0 Å². The Labute approximate surface area is 137 Å². The molecule has 0 aliphatic carbocycles. The van der Waals surface area contributed by atoms with E-state index in [0.717, 1.165) is 12.8 Å². The third-order valence-corrected chi connectivity index (χ3v) is 5.86. The van der Waals surface area contributed by atoms with Gasteiger partial charge in [0.05, 0.1) is 11.5 Å². The first-order valence-electron chi connectivity index (χ1n) is 7.87. The SMILES string of the molecule is CC(C)S(=O)(=O)NCC1CCN(C(=O)/C=C/c2ccco2)CC1. The summed E-state index contributed by atoms with van der Waals surface area (Å²) in [5, 5.41) is -0.420. The highest BCUT2D eigenvalue weighted by atomic mass is 32.2. The maximum Gasteiger partial charge on any atom is 0.246 e. The number of sulfonamides is 1. The molecule has 6 nitrogen and oxygen atoms in total. The molecule has 0 atom stereocenters. The van der Waals surface area contributed by atoms with E-state index in [1.54, 1.807) is 43.2 Å². The lowest BCUT2D eigenvalue weighted by Gasteiger charge is -2.31. The smallest absolute Gasteiger partial charge is 0.246 e. The Morgan fingerprint density at radius 1 is 1.43 bits per heavy atom. The van der Waals surface area contributed by atoms with E-state index in [-0.39, 0.29) is 11.8 Å². The summed E-state index contributed by atoms with van der Waals surface area (Å²) in [5.74, 6) is 0.889. The first-order valence-corrected chi connectivity index (χ1v) is 9.42.